The average Bonchev–Trinajstić information content (AvgIpc) is 3.76. The Labute approximate surface area is 330 Å². The number of aliphatic hydroxyl groups excluding tert-OH is 1. The van der Waals surface area contributed by atoms with Crippen molar-refractivity contribution in [2.75, 3.05) is 61.3 Å². The zero-order valence-electron chi connectivity index (χ0n) is 33.3. The van der Waals surface area contributed by atoms with Gasteiger partial charge in [0, 0.05) is 50.7 Å². The highest BCUT2D eigenvalue weighted by molar-refractivity contribution is 7.08. The van der Waals surface area contributed by atoms with Gasteiger partial charge in [0.15, 0.2) is 28.8 Å². The number of thiophene rings is 1. The lowest BCUT2D eigenvalue weighted by atomic mass is 9.72. The maximum atomic E-state index is 15.1. The van der Waals surface area contributed by atoms with Crippen molar-refractivity contribution in [2.24, 2.45) is 17.8 Å². The van der Waals surface area contributed by atoms with Crippen molar-refractivity contribution in [3.63, 3.8) is 0 Å². The number of fused-ring (bicyclic) bond motifs is 4. The van der Waals surface area contributed by atoms with Gasteiger partial charge in [-0.05, 0) is 132 Å². The maximum Gasteiger partial charge on any atom is 0.289 e. The lowest BCUT2D eigenvalue weighted by Gasteiger charge is -2.49. The molecule has 7 atom stereocenters. The van der Waals surface area contributed by atoms with Crippen LogP contribution < -0.4 is 18.9 Å². The summed E-state index contributed by atoms with van der Waals surface area (Å²) in [7, 11) is 6.75. The van der Waals surface area contributed by atoms with Crippen LogP contribution in [0.5, 0.6) is 23.0 Å². The van der Waals surface area contributed by atoms with Crippen LogP contribution in [0, 0.1) is 17.8 Å². The first kappa shape index (κ1) is 39.5. The molecule has 0 spiro atoms. The van der Waals surface area contributed by atoms with Crippen molar-refractivity contribution >= 4 is 17.2 Å². The SMILES string of the molecule is CCO[C@@H]1OC(C(=O)N2CCc3cc(OC)c(OC)cc3[C@H]2C[C@H]2C[C@H]3c4cc(OC)c(OC)cc4CCN3C[C@@H]2CC)=C[C@H](c2ccsc2)[C@@H]1CCCO. The van der Waals surface area contributed by atoms with Gasteiger partial charge < -0.3 is 38.4 Å². The molecule has 7 rings (SSSR count). The van der Waals surface area contributed by atoms with Gasteiger partial charge in [0.1, 0.15) is 0 Å². The molecule has 3 aromatic rings. The summed E-state index contributed by atoms with van der Waals surface area (Å²) in [5.74, 6) is 3.87. The number of ether oxygens (including phenoxy) is 6. The molecule has 0 saturated carbocycles. The number of nitrogens with zero attached hydrogens (tertiary/aromatic N) is 2. The average molecular weight is 775 g/mol. The van der Waals surface area contributed by atoms with Crippen LogP contribution in [0.1, 0.15) is 91.8 Å². The van der Waals surface area contributed by atoms with Crippen molar-refractivity contribution in [2.45, 2.75) is 83.1 Å². The van der Waals surface area contributed by atoms with E-state index in [2.05, 4.69) is 57.8 Å². The molecule has 1 aromatic heterocycles. The van der Waals surface area contributed by atoms with E-state index in [0.717, 1.165) is 67.8 Å². The summed E-state index contributed by atoms with van der Waals surface area (Å²) in [6.45, 7) is 7.40. The number of hydrogen-bond acceptors (Lipinski definition) is 10. The molecule has 2 aromatic carbocycles. The van der Waals surface area contributed by atoms with E-state index in [1.807, 2.05) is 13.0 Å². The largest absolute Gasteiger partial charge is 0.493 e. The molecule has 0 aliphatic carbocycles. The van der Waals surface area contributed by atoms with Crippen LogP contribution in [-0.2, 0) is 27.1 Å². The van der Waals surface area contributed by atoms with Crippen molar-refractivity contribution in [3.8, 4) is 23.0 Å². The minimum Gasteiger partial charge on any atom is -0.493 e. The minimum absolute atomic E-state index is 0.0275. The molecule has 1 N–H and O–H groups in total. The van der Waals surface area contributed by atoms with Crippen molar-refractivity contribution in [3.05, 3.63) is 80.7 Å². The van der Waals surface area contributed by atoms with E-state index in [4.69, 9.17) is 28.4 Å². The van der Waals surface area contributed by atoms with Crippen LogP contribution in [0.15, 0.2) is 52.9 Å². The molecular formula is C44H58N2O8S. The fourth-order valence-corrected chi connectivity index (χ4v) is 10.5. The standard InChI is InChI=1S/C44H58N2O8S/c1-7-27-25-45-14-11-28-20-38(49-3)40(51-5)23-34(28)36(45)18-31(27)19-37-35-24-41(52-6)39(50-4)21-29(35)12-15-46(37)43(48)42-22-33(30-13-17-55-26-30)32(10-9-16-47)44(54-42)53-8-2/h13,17,20-24,26-27,31-33,36-37,44,47H,7-12,14-16,18-19,25H2,1-6H3/t27-,31+,32-,33+,36-,37+,44+/m0/s1. The number of piperidine rings is 1. The number of aliphatic hydroxyl groups is 1. The summed E-state index contributed by atoms with van der Waals surface area (Å²) < 4.78 is 35.9. The Hall–Kier alpha value is -3.77. The summed E-state index contributed by atoms with van der Waals surface area (Å²) in [4.78, 5) is 19.8. The van der Waals surface area contributed by atoms with Crippen molar-refractivity contribution < 1.29 is 38.3 Å². The molecule has 0 unspecified atom stereocenters. The van der Waals surface area contributed by atoms with E-state index in [9.17, 15) is 5.11 Å². The summed E-state index contributed by atoms with van der Waals surface area (Å²) in [5.41, 5.74) is 6.08. The number of carbonyl (C=O) groups excluding carboxylic acids is 1. The Morgan fingerprint density at radius 1 is 0.909 bits per heavy atom. The number of methoxy groups -OCH3 is 4. The number of carbonyl (C=O) groups is 1. The first-order valence-electron chi connectivity index (χ1n) is 20.0. The van der Waals surface area contributed by atoms with Crippen LogP contribution in [0.4, 0.5) is 0 Å². The molecule has 4 aliphatic heterocycles. The summed E-state index contributed by atoms with van der Waals surface area (Å²) in [5, 5.41) is 14.0. The van der Waals surface area contributed by atoms with Gasteiger partial charge in [-0.3, -0.25) is 9.69 Å². The van der Waals surface area contributed by atoms with E-state index in [1.54, 1.807) is 39.8 Å². The first-order valence-corrected chi connectivity index (χ1v) is 21.0. The fourth-order valence-electron chi connectivity index (χ4n) is 9.81. The van der Waals surface area contributed by atoms with Crippen molar-refractivity contribution in [1.29, 1.82) is 0 Å². The third-order valence-corrected chi connectivity index (χ3v) is 13.3. The van der Waals surface area contributed by atoms with E-state index in [-0.39, 0.29) is 36.4 Å². The summed E-state index contributed by atoms with van der Waals surface area (Å²) in [6, 6.07) is 10.7. The van der Waals surface area contributed by atoms with Crippen molar-refractivity contribution in [1.82, 2.24) is 9.80 Å². The third-order valence-electron chi connectivity index (χ3n) is 12.6. The van der Waals surface area contributed by atoms with E-state index < -0.39 is 6.29 Å². The van der Waals surface area contributed by atoms with Crippen LogP contribution in [-0.4, -0.2) is 88.4 Å². The molecule has 0 bridgehead atoms. The van der Waals surface area contributed by atoms with E-state index in [0.29, 0.717) is 55.1 Å². The highest BCUT2D eigenvalue weighted by Gasteiger charge is 2.44. The highest BCUT2D eigenvalue weighted by atomic mass is 32.1. The first-order chi connectivity index (χ1) is 26.8. The molecule has 1 amide bonds. The minimum atomic E-state index is -0.596. The second-order valence-electron chi connectivity index (χ2n) is 15.3. The summed E-state index contributed by atoms with van der Waals surface area (Å²) in [6.07, 6.45) is 7.33. The molecule has 55 heavy (non-hydrogen) atoms. The number of benzene rings is 2. The molecule has 4 aliphatic rings. The van der Waals surface area contributed by atoms with Gasteiger partial charge in [-0.15, -0.1) is 0 Å². The van der Waals surface area contributed by atoms with E-state index >= 15 is 4.79 Å². The predicted octanol–water partition coefficient (Wildman–Crippen LogP) is 7.69. The number of hydrogen-bond donors (Lipinski definition) is 1. The fraction of sp³-hybridized carbons (Fsp3) is 0.568. The Kier molecular flexibility index (Phi) is 12.6. The second-order valence-corrected chi connectivity index (χ2v) is 16.1. The smallest absolute Gasteiger partial charge is 0.289 e. The van der Waals surface area contributed by atoms with Gasteiger partial charge in [0.05, 0.1) is 34.5 Å². The quantitative estimate of drug-likeness (QED) is 0.177. The molecular weight excluding hydrogens is 717 g/mol. The third kappa shape index (κ3) is 7.82. The van der Waals surface area contributed by atoms with Crippen LogP contribution in [0.25, 0.3) is 0 Å². The van der Waals surface area contributed by atoms with E-state index in [1.165, 1.54) is 16.7 Å². The lowest BCUT2D eigenvalue weighted by Crippen LogP contribution is -2.48. The lowest BCUT2D eigenvalue weighted by molar-refractivity contribution is -0.171. The zero-order chi connectivity index (χ0) is 38.6. The molecule has 0 radical (unpaired) electrons. The van der Waals surface area contributed by atoms with Crippen LogP contribution in [0.3, 0.4) is 0 Å². The maximum absolute atomic E-state index is 15.1. The molecule has 10 nitrogen and oxygen atoms in total. The van der Waals surface area contributed by atoms with Gasteiger partial charge in [-0.2, -0.15) is 11.3 Å². The van der Waals surface area contributed by atoms with Gasteiger partial charge in [0.25, 0.3) is 5.91 Å². The molecule has 298 valence electrons. The van der Waals surface area contributed by atoms with Crippen LogP contribution >= 0.6 is 11.3 Å². The Balaban J connectivity index is 1.26. The normalized spacial score (nSPS) is 26.2. The van der Waals surface area contributed by atoms with Gasteiger partial charge >= 0.3 is 0 Å². The molecule has 1 saturated heterocycles. The number of allylic oxidation sites excluding steroid dienone is 1. The zero-order valence-corrected chi connectivity index (χ0v) is 34.1. The van der Waals surface area contributed by atoms with Gasteiger partial charge in [-0.25, -0.2) is 0 Å². The number of amides is 1. The monoisotopic (exact) mass is 774 g/mol. The molecule has 5 heterocycles. The Morgan fingerprint density at radius 3 is 2.22 bits per heavy atom. The molecule has 11 heteroatoms. The van der Waals surface area contributed by atoms with Gasteiger partial charge in [-0.1, -0.05) is 13.3 Å². The Morgan fingerprint density at radius 2 is 1.58 bits per heavy atom. The van der Waals surface area contributed by atoms with Gasteiger partial charge in [0.2, 0.25) is 6.29 Å². The summed E-state index contributed by atoms with van der Waals surface area (Å²) >= 11 is 1.65. The molecule has 1 fully saturated rings. The highest BCUT2D eigenvalue weighted by Crippen LogP contribution is 2.50. The topological polar surface area (TPSA) is 99.2 Å². The predicted molar refractivity (Wildman–Crippen MR) is 213 cm³/mol. The van der Waals surface area contributed by atoms with Crippen LogP contribution in [0.2, 0.25) is 0 Å². The number of rotatable bonds is 14. The second kappa shape index (κ2) is 17.6. The Bertz CT molecular complexity index is 1810.